The molecule has 3 aromatic rings. The normalized spacial score (nSPS) is 13.1. The number of halogens is 1. The maximum absolute atomic E-state index is 12.7. The molecular formula is C21H21ClN4O2. The van der Waals surface area contributed by atoms with E-state index in [2.05, 4.69) is 10.5 Å². The van der Waals surface area contributed by atoms with E-state index >= 15 is 0 Å². The van der Waals surface area contributed by atoms with Crippen molar-refractivity contribution in [1.82, 2.24) is 4.98 Å². The molecule has 2 aromatic heterocycles. The van der Waals surface area contributed by atoms with Crippen molar-refractivity contribution in [3.05, 3.63) is 65.6 Å². The molecule has 0 saturated heterocycles. The Morgan fingerprint density at radius 1 is 1.18 bits per heavy atom. The van der Waals surface area contributed by atoms with Gasteiger partial charge in [0.25, 0.3) is 5.91 Å². The maximum atomic E-state index is 12.7. The lowest BCUT2D eigenvalue weighted by atomic mass is 9.92. The molecule has 0 spiro atoms. The van der Waals surface area contributed by atoms with Crippen LogP contribution in [0.1, 0.15) is 29.7 Å². The lowest BCUT2D eigenvalue weighted by Crippen LogP contribution is -3.00. The first-order valence-electron chi connectivity index (χ1n) is 9.11. The minimum Gasteiger partial charge on any atom is -1.00 e. The molecule has 7 heteroatoms. The number of pyridine rings is 2. The molecule has 0 unspecified atom stereocenters. The average molecular weight is 397 g/mol. The molecule has 0 saturated carbocycles. The summed E-state index contributed by atoms with van der Waals surface area (Å²) in [6.45, 7) is 0.210. The number of aromatic nitrogens is 2. The Labute approximate surface area is 169 Å². The Morgan fingerprint density at radius 2 is 1.93 bits per heavy atom. The maximum Gasteiger partial charge on any atom is 0.290 e. The number of anilines is 1. The third kappa shape index (κ3) is 4.12. The Bertz CT molecular complexity index is 1020. The van der Waals surface area contributed by atoms with Crippen molar-refractivity contribution in [2.45, 2.75) is 32.2 Å². The summed E-state index contributed by atoms with van der Waals surface area (Å²) in [5.41, 5.74) is 4.88. The van der Waals surface area contributed by atoms with E-state index in [4.69, 9.17) is 10.2 Å². The van der Waals surface area contributed by atoms with E-state index in [0.29, 0.717) is 0 Å². The Kier molecular flexibility index (Phi) is 6.21. The highest BCUT2D eigenvalue weighted by Gasteiger charge is 2.20. The van der Waals surface area contributed by atoms with Gasteiger partial charge >= 0.3 is 0 Å². The third-order valence-electron chi connectivity index (χ3n) is 4.88. The summed E-state index contributed by atoms with van der Waals surface area (Å²) >= 11 is 0. The molecule has 4 rings (SSSR count). The number of fused-ring (bicyclic) bond motifs is 2. The quantitative estimate of drug-likeness (QED) is 0.279. The summed E-state index contributed by atoms with van der Waals surface area (Å²) in [4.78, 5) is 17.5. The average Bonchev–Trinajstić information content (AvgIpc) is 2.69. The van der Waals surface area contributed by atoms with Gasteiger partial charge in [-0.15, -0.1) is 0 Å². The van der Waals surface area contributed by atoms with Gasteiger partial charge in [0, 0.05) is 28.8 Å². The van der Waals surface area contributed by atoms with E-state index < -0.39 is 0 Å². The van der Waals surface area contributed by atoms with Crippen LogP contribution in [-0.4, -0.2) is 22.3 Å². The second kappa shape index (κ2) is 8.80. The molecule has 6 nitrogen and oxygen atoms in total. The number of amides is 1. The van der Waals surface area contributed by atoms with Crippen molar-refractivity contribution in [2.75, 3.05) is 5.32 Å². The molecule has 0 radical (unpaired) electrons. The minimum atomic E-state index is -0.0762. The van der Waals surface area contributed by atoms with E-state index in [9.17, 15) is 4.79 Å². The number of nitrogens with zero attached hydrogens (tertiary/aromatic N) is 3. The second-order valence-electron chi connectivity index (χ2n) is 6.73. The van der Waals surface area contributed by atoms with Crippen LogP contribution in [0, 0.1) is 0 Å². The molecule has 1 aliphatic rings. The van der Waals surface area contributed by atoms with Crippen LogP contribution in [0.5, 0.6) is 0 Å². The fourth-order valence-electron chi connectivity index (χ4n) is 3.59. The van der Waals surface area contributed by atoms with Crippen LogP contribution < -0.4 is 22.3 Å². The van der Waals surface area contributed by atoms with Gasteiger partial charge in [-0.25, -0.2) is 0 Å². The van der Waals surface area contributed by atoms with Gasteiger partial charge in [-0.3, -0.25) is 9.78 Å². The van der Waals surface area contributed by atoms with Crippen LogP contribution in [0.2, 0.25) is 0 Å². The van der Waals surface area contributed by atoms with Crippen LogP contribution in [0.25, 0.3) is 10.9 Å². The summed E-state index contributed by atoms with van der Waals surface area (Å²) < 4.78 is 1.79. The smallest absolute Gasteiger partial charge is 0.290 e. The van der Waals surface area contributed by atoms with Gasteiger partial charge in [0.05, 0.1) is 17.4 Å². The number of oxime groups is 1. The van der Waals surface area contributed by atoms with Crippen molar-refractivity contribution in [3.63, 3.8) is 0 Å². The molecule has 0 bridgehead atoms. The summed E-state index contributed by atoms with van der Waals surface area (Å²) in [6.07, 6.45) is 9.10. The summed E-state index contributed by atoms with van der Waals surface area (Å²) in [6, 6.07) is 11.5. The molecule has 0 atom stereocenters. The van der Waals surface area contributed by atoms with Crippen LogP contribution in [0.3, 0.4) is 0 Å². The zero-order valence-corrected chi connectivity index (χ0v) is 16.1. The fourth-order valence-corrected chi connectivity index (χ4v) is 3.59. The van der Waals surface area contributed by atoms with Crippen molar-refractivity contribution in [2.24, 2.45) is 5.16 Å². The Balaban J connectivity index is 0.00000225. The zero-order valence-electron chi connectivity index (χ0n) is 15.3. The Hall–Kier alpha value is -2.99. The molecule has 0 aliphatic heterocycles. The molecule has 1 amide bonds. The SMILES string of the molecule is O=C(C[n+]1ccc(/C=N/O)cc1)Nc1c2c(nc3ccccc13)CCCC2.[Cl-]. The minimum absolute atomic E-state index is 0. The molecule has 0 fully saturated rings. The van der Waals surface area contributed by atoms with Crippen LogP contribution >= 0.6 is 0 Å². The number of rotatable bonds is 4. The number of aryl methyl sites for hydroxylation is 1. The van der Waals surface area contributed by atoms with Gasteiger partial charge in [0.1, 0.15) is 0 Å². The van der Waals surface area contributed by atoms with Crippen LogP contribution in [0.15, 0.2) is 53.9 Å². The highest BCUT2D eigenvalue weighted by Crippen LogP contribution is 2.33. The Morgan fingerprint density at radius 3 is 2.71 bits per heavy atom. The van der Waals surface area contributed by atoms with Crippen molar-refractivity contribution in [3.8, 4) is 0 Å². The van der Waals surface area contributed by atoms with Gasteiger partial charge in [-0.05, 0) is 37.3 Å². The number of carbonyl (C=O) groups is 1. The van der Waals surface area contributed by atoms with Gasteiger partial charge < -0.3 is 22.9 Å². The van der Waals surface area contributed by atoms with Crippen LogP contribution in [0.4, 0.5) is 5.69 Å². The first-order valence-corrected chi connectivity index (χ1v) is 9.11. The summed E-state index contributed by atoms with van der Waals surface area (Å²) in [5.74, 6) is -0.0762. The van der Waals surface area contributed by atoms with Gasteiger partial charge in [0.15, 0.2) is 12.4 Å². The van der Waals surface area contributed by atoms with Crippen LogP contribution in [-0.2, 0) is 24.2 Å². The lowest BCUT2D eigenvalue weighted by molar-refractivity contribution is -0.684. The highest BCUT2D eigenvalue weighted by molar-refractivity contribution is 6.02. The topological polar surface area (TPSA) is 78.5 Å². The predicted molar refractivity (Wildman–Crippen MR) is 103 cm³/mol. The standard InChI is InChI=1S/C21H20N4O2.ClH/c26-20(14-25-11-9-15(10-12-25)13-22-27)24-21-16-5-1-3-7-18(16)23-19-8-4-2-6-17(19)21;/h1,3,5,7,9-13H,2,4,6,8,14H2,(H,23,24,26);1H. The van der Waals surface area contributed by atoms with Gasteiger partial charge in [-0.2, -0.15) is 4.57 Å². The second-order valence-corrected chi connectivity index (χ2v) is 6.73. The van der Waals surface area contributed by atoms with Gasteiger partial charge in [-0.1, -0.05) is 23.4 Å². The fraction of sp³-hybridized carbons (Fsp3) is 0.238. The molecule has 1 aliphatic carbocycles. The largest absolute Gasteiger partial charge is 1.00 e. The van der Waals surface area contributed by atoms with Gasteiger partial charge in [0.2, 0.25) is 6.54 Å². The number of hydrogen-bond donors (Lipinski definition) is 2. The summed E-state index contributed by atoms with van der Waals surface area (Å²) in [7, 11) is 0. The number of benzene rings is 1. The molecule has 1 aromatic carbocycles. The molecule has 144 valence electrons. The predicted octanol–water partition coefficient (Wildman–Crippen LogP) is -0.148. The van der Waals surface area contributed by atoms with Crippen molar-refractivity contribution < 1.29 is 27.0 Å². The zero-order chi connectivity index (χ0) is 18.6. The number of carbonyl (C=O) groups excluding carboxylic acids is 1. The molecule has 2 heterocycles. The number of hydrogen-bond acceptors (Lipinski definition) is 4. The first kappa shape index (κ1) is 19.8. The summed E-state index contributed by atoms with van der Waals surface area (Å²) in [5, 5.41) is 15.7. The molecular weight excluding hydrogens is 376 g/mol. The van der Waals surface area contributed by atoms with E-state index in [1.54, 1.807) is 29.1 Å². The van der Waals surface area contributed by atoms with Crippen molar-refractivity contribution in [1.29, 1.82) is 0 Å². The molecule has 2 N–H and O–H groups in total. The van der Waals surface area contributed by atoms with E-state index in [1.807, 2.05) is 24.3 Å². The van der Waals surface area contributed by atoms with E-state index in [0.717, 1.165) is 53.5 Å². The van der Waals surface area contributed by atoms with E-state index in [-0.39, 0.29) is 24.9 Å². The number of nitrogens with one attached hydrogen (secondary N) is 1. The van der Waals surface area contributed by atoms with E-state index in [1.165, 1.54) is 11.8 Å². The first-order chi connectivity index (χ1) is 13.2. The highest BCUT2D eigenvalue weighted by atomic mass is 35.5. The monoisotopic (exact) mass is 396 g/mol. The molecule has 28 heavy (non-hydrogen) atoms. The van der Waals surface area contributed by atoms with Crippen molar-refractivity contribution >= 4 is 28.7 Å². The third-order valence-corrected chi connectivity index (χ3v) is 4.88. The lowest BCUT2D eigenvalue weighted by Gasteiger charge is -2.20. The number of para-hydroxylation sites is 1.